The van der Waals surface area contributed by atoms with Crippen LogP contribution in [0.2, 0.25) is 0 Å². The van der Waals surface area contributed by atoms with E-state index in [2.05, 4.69) is 52.5 Å². The molecule has 3 heterocycles. The third-order valence-electron chi connectivity index (χ3n) is 6.23. The summed E-state index contributed by atoms with van der Waals surface area (Å²) in [5.74, 6) is 0.337. The van der Waals surface area contributed by atoms with Gasteiger partial charge in [-0.3, -0.25) is 14.7 Å². The summed E-state index contributed by atoms with van der Waals surface area (Å²) in [4.78, 5) is 19.9. The van der Waals surface area contributed by atoms with Crippen LogP contribution < -0.4 is 5.32 Å². The van der Waals surface area contributed by atoms with Crippen molar-refractivity contribution >= 4 is 12.0 Å². The van der Waals surface area contributed by atoms with Crippen LogP contribution in [0.25, 0.3) is 6.08 Å². The topological polar surface area (TPSA) is 54.5 Å². The van der Waals surface area contributed by atoms with Crippen LogP contribution in [0.15, 0.2) is 60.3 Å². The van der Waals surface area contributed by atoms with Crippen molar-refractivity contribution in [3.05, 3.63) is 71.6 Å². The Morgan fingerprint density at radius 1 is 1.19 bits per heavy atom. The number of likely N-dealkylation sites (tertiary alicyclic amines) is 1. The summed E-state index contributed by atoms with van der Waals surface area (Å²) in [5, 5.41) is 3.29. The van der Waals surface area contributed by atoms with Gasteiger partial charge < -0.3 is 10.1 Å². The first-order chi connectivity index (χ1) is 15.2. The first-order valence-corrected chi connectivity index (χ1v) is 11.5. The molecule has 2 saturated heterocycles. The average molecular weight is 420 g/mol. The number of aromatic nitrogens is 1. The molecule has 1 N–H and O–H groups in total. The molecule has 0 spiro atoms. The highest BCUT2D eigenvalue weighted by Gasteiger charge is 2.33. The second-order valence-corrected chi connectivity index (χ2v) is 8.78. The predicted octanol–water partition coefficient (Wildman–Crippen LogP) is 4.23. The van der Waals surface area contributed by atoms with E-state index in [1.807, 2.05) is 30.5 Å². The molecule has 1 aromatic heterocycles. The molecule has 0 radical (unpaired) electrons. The van der Waals surface area contributed by atoms with Crippen molar-refractivity contribution in [3.63, 3.8) is 0 Å². The number of nitrogens with zero attached hydrogens (tertiary/aromatic N) is 2. The molecular formula is C26H33N3O2. The fraction of sp³-hybridized carbons (Fsp3) is 0.462. The summed E-state index contributed by atoms with van der Waals surface area (Å²) in [6.45, 7) is 5.86. The van der Waals surface area contributed by atoms with E-state index >= 15 is 0 Å². The fourth-order valence-electron chi connectivity index (χ4n) is 4.76. The Morgan fingerprint density at radius 2 is 2.03 bits per heavy atom. The van der Waals surface area contributed by atoms with Crippen molar-refractivity contribution in [2.45, 2.75) is 44.8 Å². The van der Waals surface area contributed by atoms with Gasteiger partial charge in [-0.15, -0.1) is 0 Å². The number of nitrogens with one attached hydrogen (secondary N) is 1. The van der Waals surface area contributed by atoms with Crippen molar-refractivity contribution in [3.8, 4) is 0 Å². The molecule has 164 valence electrons. The highest BCUT2D eigenvalue weighted by Crippen LogP contribution is 2.30. The monoisotopic (exact) mass is 419 g/mol. The lowest BCUT2D eigenvalue weighted by molar-refractivity contribution is -0.131. The number of hydrogen-bond donors (Lipinski definition) is 1. The van der Waals surface area contributed by atoms with E-state index in [-0.39, 0.29) is 18.1 Å². The van der Waals surface area contributed by atoms with Crippen LogP contribution in [0.4, 0.5) is 0 Å². The van der Waals surface area contributed by atoms with Crippen LogP contribution >= 0.6 is 0 Å². The van der Waals surface area contributed by atoms with E-state index in [0.29, 0.717) is 12.5 Å². The van der Waals surface area contributed by atoms with E-state index in [1.54, 1.807) is 0 Å². The van der Waals surface area contributed by atoms with Gasteiger partial charge in [0.2, 0.25) is 5.91 Å². The molecule has 31 heavy (non-hydrogen) atoms. The number of carbonyl (C=O) groups is 1. The van der Waals surface area contributed by atoms with E-state index < -0.39 is 0 Å². The van der Waals surface area contributed by atoms with Gasteiger partial charge in [-0.25, -0.2) is 0 Å². The van der Waals surface area contributed by atoms with Crippen LogP contribution in [0.5, 0.6) is 0 Å². The summed E-state index contributed by atoms with van der Waals surface area (Å²) in [6.07, 6.45) is 7.74. The summed E-state index contributed by atoms with van der Waals surface area (Å²) >= 11 is 0. The van der Waals surface area contributed by atoms with Gasteiger partial charge in [0.15, 0.2) is 0 Å². The largest absolute Gasteiger partial charge is 0.368 e. The zero-order valence-electron chi connectivity index (χ0n) is 18.4. The number of benzene rings is 1. The summed E-state index contributed by atoms with van der Waals surface area (Å²) in [5.41, 5.74) is 3.53. The number of carbonyl (C=O) groups excluding carboxylic acids is 1. The minimum absolute atomic E-state index is 0.00503. The van der Waals surface area contributed by atoms with Crippen molar-refractivity contribution in [1.82, 2.24) is 15.2 Å². The second-order valence-electron chi connectivity index (χ2n) is 8.78. The van der Waals surface area contributed by atoms with Crippen LogP contribution in [0, 0.1) is 5.92 Å². The molecule has 2 aliphatic rings. The van der Waals surface area contributed by atoms with Crippen molar-refractivity contribution in [2.24, 2.45) is 5.92 Å². The molecule has 3 atom stereocenters. The van der Waals surface area contributed by atoms with Crippen LogP contribution in [-0.2, 0) is 9.53 Å². The molecule has 0 unspecified atom stereocenters. The Bertz CT molecular complexity index is 863. The Kier molecular flexibility index (Phi) is 7.49. The SMILES string of the molecule is C/C(=C\c1ccccc1)CN1CCC[C@H]([C@H](NC(=O)[C@@H]2CCCO2)c2ccccn2)C1. The summed E-state index contributed by atoms with van der Waals surface area (Å²) in [6, 6.07) is 16.3. The Balaban J connectivity index is 1.44. The van der Waals surface area contributed by atoms with E-state index in [1.165, 1.54) is 11.1 Å². The average Bonchev–Trinajstić information content (AvgIpc) is 3.34. The van der Waals surface area contributed by atoms with Crippen LogP contribution in [-0.4, -0.2) is 48.1 Å². The third-order valence-corrected chi connectivity index (χ3v) is 6.23. The molecule has 1 aromatic carbocycles. The van der Waals surface area contributed by atoms with Crippen LogP contribution in [0.1, 0.15) is 49.9 Å². The Labute approximate surface area is 185 Å². The maximum absolute atomic E-state index is 12.8. The number of amides is 1. The van der Waals surface area contributed by atoms with Crippen LogP contribution in [0.3, 0.4) is 0 Å². The molecule has 0 aliphatic carbocycles. The minimum Gasteiger partial charge on any atom is -0.368 e. The third kappa shape index (κ3) is 6.02. The summed E-state index contributed by atoms with van der Waals surface area (Å²) < 4.78 is 5.62. The van der Waals surface area contributed by atoms with Gasteiger partial charge >= 0.3 is 0 Å². The zero-order valence-corrected chi connectivity index (χ0v) is 18.4. The molecule has 2 fully saturated rings. The molecule has 5 heteroatoms. The number of hydrogen-bond acceptors (Lipinski definition) is 4. The fourth-order valence-corrected chi connectivity index (χ4v) is 4.76. The molecule has 1 amide bonds. The van der Waals surface area contributed by atoms with Gasteiger partial charge in [0.1, 0.15) is 6.10 Å². The highest BCUT2D eigenvalue weighted by molar-refractivity contribution is 5.81. The number of piperidine rings is 1. The van der Waals surface area contributed by atoms with E-state index in [0.717, 1.165) is 51.0 Å². The lowest BCUT2D eigenvalue weighted by Crippen LogP contribution is -2.45. The lowest BCUT2D eigenvalue weighted by Gasteiger charge is -2.37. The molecule has 4 rings (SSSR count). The quantitative estimate of drug-likeness (QED) is 0.730. The zero-order chi connectivity index (χ0) is 21.5. The Hall–Kier alpha value is -2.50. The van der Waals surface area contributed by atoms with Gasteiger partial charge in [-0.2, -0.15) is 0 Å². The van der Waals surface area contributed by atoms with Gasteiger partial charge in [0.05, 0.1) is 11.7 Å². The lowest BCUT2D eigenvalue weighted by atomic mass is 9.88. The summed E-state index contributed by atoms with van der Waals surface area (Å²) in [7, 11) is 0. The van der Waals surface area contributed by atoms with E-state index in [9.17, 15) is 4.79 Å². The minimum atomic E-state index is -0.318. The molecule has 2 aliphatic heterocycles. The van der Waals surface area contributed by atoms with Crippen molar-refractivity contribution in [1.29, 1.82) is 0 Å². The van der Waals surface area contributed by atoms with Crippen molar-refractivity contribution in [2.75, 3.05) is 26.2 Å². The van der Waals surface area contributed by atoms with Crippen molar-refractivity contribution < 1.29 is 9.53 Å². The molecule has 5 nitrogen and oxygen atoms in total. The van der Waals surface area contributed by atoms with Gasteiger partial charge in [0, 0.05) is 25.9 Å². The van der Waals surface area contributed by atoms with Gasteiger partial charge in [0.25, 0.3) is 0 Å². The number of ether oxygens (including phenoxy) is 1. The Morgan fingerprint density at radius 3 is 2.77 bits per heavy atom. The smallest absolute Gasteiger partial charge is 0.249 e. The van der Waals surface area contributed by atoms with E-state index in [4.69, 9.17) is 4.74 Å². The first-order valence-electron chi connectivity index (χ1n) is 11.5. The predicted molar refractivity (Wildman–Crippen MR) is 123 cm³/mol. The standard InChI is InChI=1S/C26H33N3O2/c1-20(17-21-9-3-2-4-10-21)18-29-15-7-11-22(19-29)25(23-12-5-6-14-27-23)28-26(30)24-13-8-16-31-24/h2-6,9-10,12,14,17,22,24-25H,7-8,11,13,15-16,18-19H2,1H3,(H,28,30)/b20-17+/t22-,24-,25-/m0/s1. The molecule has 2 aromatic rings. The number of rotatable bonds is 7. The maximum atomic E-state index is 12.8. The second kappa shape index (κ2) is 10.7. The molecular weight excluding hydrogens is 386 g/mol. The maximum Gasteiger partial charge on any atom is 0.249 e. The number of pyridine rings is 1. The van der Waals surface area contributed by atoms with Gasteiger partial charge in [-0.1, -0.05) is 48.0 Å². The molecule has 0 bridgehead atoms. The van der Waals surface area contributed by atoms with Gasteiger partial charge in [-0.05, 0) is 62.8 Å². The normalized spacial score (nSPS) is 23.5. The molecule has 0 saturated carbocycles. The first kappa shape index (κ1) is 21.7. The highest BCUT2D eigenvalue weighted by atomic mass is 16.5.